The normalized spacial score (nSPS) is 10.1. The van der Waals surface area contributed by atoms with Crippen molar-refractivity contribution in [3.63, 3.8) is 0 Å². The van der Waals surface area contributed by atoms with Gasteiger partial charge in [-0.25, -0.2) is 0 Å². The van der Waals surface area contributed by atoms with E-state index in [-0.39, 0.29) is 0 Å². The summed E-state index contributed by atoms with van der Waals surface area (Å²) >= 11 is 5.92. The predicted octanol–water partition coefficient (Wildman–Crippen LogP) is 2.15. The third-order valence-electron chi connectivity index (χ3n) is 1.82. The average Bonchev–Trinajstić information content (AvgIpc) is 2.20. The van der Waals surface area contributed by atoms with E-state index in [1.165, 1.54) is 0 Å². The summed E-state index contributed by atoms with van der Waals surface area (Å²) in [6.07, 6.45) is 4.53. The van der Waals surface area contributed by atoms with Crippen LogP contribution in [0.5, 0.6) is 0 Å². The first-order chi connectivity index (χ1) is 6.84. The van der Waals surface area contributed by atoms with Crippen LogP contribution < -0.4 is 10.6 Å². The molecule has 0 bridgehead atoms. The summed E-state index contributed by atoms with van der Waals surface area (Å²) in [4.78, 5) is 3.92. The first kappa shape index (κ1) is 11.3. The van der Waals surface area contributed by atoms with Crippen LogP contribution in [-0.4, -0.2) is 24.6 Å². The van der Waals surface area contributed by atoms with Crippen LogP contribution in [0.2, 0.25) is 5.02 Å². The van der Waals surface area contributed by atoms with Crippen molar-refractivity contribution in [3.05, 3.63) is 23.5 Å². The van der Waals surface area contributed by atoms with Gasteiger partial charge >= 0.3 is 0 Å². The van der Waals surface area contributed by atoms with Crippen molar-refractivity contribution in [2.24, 2.45) is 0 Å². The molecule has 1 heterocycles. The van der Waals surface area contributed by atoms with Crippen molar-refractivity contribution in [1.29, 1.82) is 0 Å². The smallest absolute Gasteiger partial charge is 0.0820 e. The molecule has 0 saturated carbocycles. The summed E-state index contributed by atoms with van der Waals surface area (Å²) in [5.41, 5.74) is 0.944. The van der Waals surface area contributed by atoms with Crippen LogP contribution in [0, 0.1) is 0 Å². The molecule has 0 aliphatic rings. The number of hydrogen-bond donors (Lipinski definition) is 2. The molecule has 2 N–H and O–H groups in total. The third kappa shape index (κ3) is 3.94. The highest BCUT2D eigenvalue weighted by Crippen LogP contribution is 2.18. The molecule has 14 heavy (non-hydrogen) atoms. The second kappa shape index (κ2) is 6.62. The Morgan fingerprint density at radius 2 is 2.21 bits per heavy atom. The van der Waals surface area contributed by atoms with E-state index < -0.39 is 0 Å². The molecule has 0 fully saturated rings. The SMILES string of the molecule is CCCNCCNc1ccncc1Cl. The van der Waals surface area contributed by atoms with Gasteiger partial charge in [0.15, 0.2) is 0 Å². The Hall–Kier alpha value is -0.800. The molecule has 0 unspecified atom stereocenters. The molecule has 4 heteroatoms. The van der Waals surface area contributed by atoms with Crippen LogP contribution in [0.15, 0.2) is 18.5 Å². The van der Waals surface area contributed by atoms with Crippen LogP contribution in [0.1, 0.15) is 13.3 Å². The lowest BCUT2D eigenvalue weighted by Crippen LogP contribution is -2.22. The molecule has 3 nitrogen and oxygen atoms in total. The minimum absolute atomic E-state index is 0.669. The molecular formula is C10H16ClN3. The van der Waals surface area contributed by atoms with Crippen molar-refractivity contribution < 1.29 is 0 Å². The van der Waals surface area contributed by atoms with E-state index in [1.807, 2.05) is 6.07 Å². The summed E-state index contributed by atoms with van der Waals surface area (Å²) in [6, 6.07) is 1.88. The number of pyridine rings is 1. The second-order valence-electron chi connectivity index (χ2n) is 3.03. The number of nitrogens with one attached hydrogen (secondary N) is 2. The summed E-state index contributed by atoms with van der Waals surface area (Å²) in [5, 5.41) is 7.21. The Morgan fingerprint density at radius 1 is 1.36 bits per heavy atom. The lowest BCUT2D eigenvalue weighted by atomic mass is 10.4. The molecule has 0 amide bonds. The fourth-order valence-electron chi connectivity index (χ4n) is 1.11. The number of rotatable bonds is 6. The number of nitrogens with zero attached hydrogens (tertiary/aromatic N) is 1. The Labute approximate surface area is 89.9 Å². The molecule has 0 radical (unpaired) electrons. The minimum Gasteiger partial charge on any atom is -0.382 e. The Bertz CT molecular complexity index is 265. The molecule has 0 atom stereocenters. The zero-order chi connectivity index (χ0) is 10.2. The maximum atomic E-state index is 5.92. The van der Waals surface area contributed by atoms with Gasteiger partial charge in [0.2, 0.25) is 0 Å². The van der Waals surface area contributed by atoms with E-state index in [1.54, 1.807) is 12.4 Å². The summed E-state index contributed by atoms with van der Waals surface area (Å²) in [5.74, 6) is 0. The predicted molar refractivity (Wildman–Crippen MR) is 60.9 cm³/mol. The maximum Gasteiger partial charge on any atom is 0.0820 e. The monoisotopic (exact) mass is 213 g/mol. The number of aromatic nitrogens is 1. The van der Waals surface area contributed by atoms with E-state index in [9.17, 15) is 0 Å². The quantitative estimate of drug-likeness (QED) is 0.711. The topological polar surface area (TPSA) is 37.0 Å². The molecule has 1 aromatic rings. The van der Waals surface area contributed by atoms with Crippen molar-refractivity contribution in [1.82, 2.24) is 10.3 Å². The lowest BCUT2D eigenvalue weighted by Gasteiger charge is -2.07. The largest absolute Gasteiger partial charge is 0.382 e. The Kier molecular flexibility index (Phi) is 5.33. The zero-order valence-corrected chi connectivity index (χ0v) is 9.14. The van der Waals surface area contributed by atoms with Gasteiger partial charge < -0.3 is 10.6 Å². The van der Waals surface area contributed by atoms with E-state index in [2.05, 4.69) is 22.5 Å². The van der Waals surface area contributed by atoms with E-state index in [0.717, 1.165) is 31.7 Å². The Balaban J connectivity index is 2.21. The number of hydrogen-bond acceptors (Lipinski definition) is 3. The number of anilines is 1. The van der Waals surface area contributed by atoms with Crippen LogP contribution >= 0.6 is 11.6 Å². The lowest BCUT2D eigenvalue weighted by molar-refractivity contribution is 0.688. The zero-order valence-electron chi connectivity index (χ0n) is 8.39. The second-order valence-corrected chi connectivity index (χ2v) is 3.44. The maximum absolute atomic E-state index is 5.92. The molecule has 0 aromatic carbocycles. The summed E-state index contributed by atoms with van der Waals surface area (Å²) in [7, 11) is 0. The van der Waals surface area contributed by atoms with Crippen molar-refractivity contribution in [2.75, 3.05) is 25.0 Å². The van der Waals surface area contributed by atoms with E-state index in [4.69, 9.17) is 11.6 Å². The van der Waals surface area contributed by atoms with Gasteiger partial charge in [-0.05, 0) is 19.0 Å². The summed E-state index contributed by atoms with van der Waals surface area (Å²) < 4.78 is 0. The minimum atomic E-state index is 0.669. The van der Waals surface area contributed by atoms with Gasteiger partial charge in [0, 0.05) is 25.5 Å². The fourth-order valence-corrected chi connectivity index (χ4v) is 1.29. The standard InChI is InChI=1S/C10H16ClN3/c1-2-4-12-6-7-14-10-3-5-13-8-9(10)11/h3,5,8,12H,2,4,6-7H2,1H3,(H,13,14). The average molecular weight is 214 g/mol. The van der Waals surface area contributed by atoms with E-state index >= 15 is 0 Å². The van der Waals surface area contributed by atoms with Gasteiger partial charge in [-0.2, -0.15) is 0 Å². The van der Waals surface area contributed by atoms with Gasteiger partial charge in [0.05, 0.1) is 10.7 Å². The third-order valence-corrected chi connectivity index (χ3v) is 2.12. The van der Waals surface area contributed by atoms with Gasteiger partial charge in [-0.1, -0.05) is 18.5 Å². The van der Waals surface area contributed by atoms with Crippen molar-refractivity contribution >= 4 is 17.3 Å². The van der Waals surface area contributed by atoms with Crippen molar-refractivity contribution in [2.45, 2.75) is 13.3 Å². The molecule has 0 spiro atoms. The van der Waals surface area contributed by atoms with Gasteiger partial charge in [0.25, 0.3) is 0 Å². The molecule has 78 valence electrons. The first-order valence-corrected chi connectivity index (χ1v) is 5.26. The highest BCUT2D eigenvalue weighted by molar-refractivity contribution is 6.33. The molecule has 0 aliphatic carbocycles. The Morgan fingerprint density at radius 3 is 2.93 bits per heavy atom. The molecule has 1 aromatic heterocycles. The van der Waals surface area contributed by atoms with E-state index in [0.29, 0.717) is 5.02 Å². The van der Waals surface area contributed by atoms with Crippen LogP contribution in [-0.2, 0) is 0 Å². The van der Waals surface area contributed by atoms with Crippen LogP contribution in [0.25, 0.3) is 0 Å². The fraction of sp³-hybridized carbons (Fsp3) is 0.500. The highest BCUT2D eigenvalue weighted by Gasteiger charge is 1.96. The first-order valence-electron chi connectivity index (χ1n) is 4.88. The van der Waals surface area contributed by atoms with Gasteiger partial charge in [-0.15, -0.1) is 0 Å². The molecule has 0 saturated heterocycles. The van der Waals surface area contributed by atoms with Crippen LogP contribution in [0.4, 0.5) is 5.69 Å². The summed E-state index contributed by atoms with van der Waals surface area (Å²) in [6.45, 7) is 5.04. The molecule has 0 aliphatic heterocycles. The van der Waals surface area contributed by atoms with Gasteiger partial charge in [0.1, 0.15) is 0 Å². The number of halogens is 1. The highest BCUT2D eigenvalue weighted by atomic mass is 35.5. The van der Waals surface area contributed by atoms with Crippen LogP contribution in [0.3, 0.4) is 0 Å². The molecule has 1 rings (SSSR count). The van der Waals surface area contributed by atoms with Gasteiger partial charge in [-0.3, -0.25) is 4.98 Å². The van der Waals surface area contributed by atoms with Crippen molar-refractivity contribution in [3.8, 4) is 0 Å². The molecular weight excluding hydrogens is 198 g/mol.